The maximum Gasteiger partial charge on any atom is 0.488 e. The van der Waals surface area contributed by atoms with Gasteiger partial charge in [-0.05, 0) is 17.6 Å². The number of nitrogens with two attached hydrogens (primary N) is 1. The lowest BCUT2D eigenvalue weighted by Crippen LogP contribution is -2.29. The van der Waals surface area contributed by atoms with Gasteiger partial charge >= 0.3 is 7.12 Å². The van der Waals surface area contributed by atoms with Gasteiger partial charge in [-0.15, -0.1) is 0 Å². The van der Waals surface area contributed by atoms with Gasteiger partial charge in [0.2, 0.25) is 0 Å². The molecular formula is C6H14BNO2. The lowest BCUT2D eigenvalue weighted by atomic mass is 9.80. The zero-order chi connectivity index (χ0) is 7.56. The first-order valence-corrected chi connectivity index (χ1v) is 2.92. The molecule has 0 heterocycles. The number of benzene rings is 1. The molecule has 0 fully saturated rings. The van der Waals surface area contributed by atoms with Crippen LogP contribution in [0.25, 0.3) is 0 Å². The van der Waals surface area contributed by atoms with E-state index in [-0.39, 0.29) is 4.28 Å². The highest BCUT2D eigenvalue weighted by atomic mass is 16.4. The minimum atomic E-state index is -1.43. The van der Waals surface area contributed by atoms with Crippen LogP contribution in [0.2, 0.25) is 0 Å². The van der Waals surface area contributed by atoms with Crippen LogP contribution in [0.15, 0.2) is 24.3 Å². The predicted molar refractivity (Wildman–Crippen MR) is 47.0 cm³/mol. The van der Waals surface area contributed by atoms with E-state index in [4.69, 9.17) is 15.8 Å². The summed E-state index contributed by atoms with van der Waals surface area (Å²) in [5.74, 6) is 0. The molecule has 0 radical (unpaired) electrons. The molecule has 0 unspecified atom stereocenters. The molecule has 10 heavy (non-hydrogen) atoms. The lowest BCUT2D eigenvalue weighted by molar-refractivity contribution is 0.426. The first kappa shape index (κ1) is 7.12. The third-order valence-electron chi connectivity index (χ3n) is 1.21. The van der Waals surface area contributed by atoms with E-state index >= 15 is 0 Å². The van der Waals surface area contributed by atoms with Crippen molar-refractivity contribution in [3.05, 3.63) is 24.3 Å². The molecule has 0 aliphatic rings. The molecular weight excluding hydrogens is 129 g/mol. The second-order valence-electron chi connectivity index (χ2n) is 2.04. The molecule has 1 rings (SSSR count). The number of rotatable bonds is 1. The van der Waals surface area contributed by atoms with Gasteiger partial charge in [0.25, 0.3) is 0 Å². The quantitative estimate of drug-likeness (QED) is 0.373. The SMILES string of the molecule is Nc1cccc(B(O)O)c1.[HH].[HH].[HH]. The Labute approximate surface area is 63.7 Å². The van der Waals surface area contributed by atoms with Crippen molar-refractivity contribution in [2.24, 2.45) is 0 Å². The van der Waals surface area contributed by atoms with E-state index < -0.39 is 7.12 Å². The minimum absolute atomic E-state index is 0. The van der Waals surface area contributed by atoms with Crippen molar-refractivity contribution in [1.29, 1.82) is 0 Å². The summed E-state index contributed by atoms with van der Waals surface area (Å²) in [5.41, 5.74) is 6.32. The second-order valence-corrected chi connectivity index (χ2v) is 2.04. The summed E-state index contributed by atoms with van der Waals surface area (Å²) in [4.78, 5) is 0. The Morgan fingerprint density at radius 3 is 2.50 bits per heavy atom. The van der Waals surface area contributed by atoms with Crippen LogP contribution in [0.3, 0.4) is 0 Å². The van der Waals surface area contributed by atoms with Crippen LogP contribution in [-0.4, -0.2) is 17.2 Å². The highest BCUT2D eigenvalue weighted by Crippen LogP contribution is 1.95. The molecule has 0 amide bonds. The fraction of sp³-hybridized carbons (Fsp3) is 0. The molecule has 58 valence electrons. The molecule has 1 aromatic rings. The van der Waals surface area contributed by atoms with Gasteiger partial charge in [-0.25, -0.2) is 0 Å². The Kier molecular flexibility index (Phi) is 1.94. The summed E-state index contributed by atoms with van der Waals surface area (Å²) in [6.07, 6.45) is 0. The zero-order valence-corrected chi connectivity index (χ0v) is 5.36. The van der Waals surface area contributed by atoms with E-state index in [0.717, 1.165) is 0 Å². The molecule has 3 nitrogen and oxygen atoms in total. The van der Waals surface area contributed by atoms with Crippen LogP contribution in [0.1, 0.15) is 4.28 Å². The van der Waals surface area contributed by atoms with Gasteiger partial charge in [0.15, 0.2) is 0 Å². The van der Waals surface area contributed by atoms with Crippen molar-refractivity contribution in [3.8, 4) is 0 Å². The number of hydrogen-bond donors (Lipinski definition) is 3. The summed E-state index contributed by atoms with van der Waals surface area (Å²) in [5, 5.41) is 17.3. The Morgan fingerprint density at radius 1 is 1.40 bits per heavy atom. The van der Waals surface area contributed by atoms with Gasteiger partial charge in [0.05, 0.1) is 0 Å². The van der Waals surface area contributed by atoms with Gasteiger partial charge < -0.3 is 15.8 Å². The summed E-state index contributed by atoms with van der Waals surface area (Å²) in [6, 6.07) is 6.47. The van der Waals surface area contributed by atoms with Gasteiger partial charge in [0, 0.05) is 9.97 Å². The molecule has 0 aliphatic heterocycles. The third kappa shape index (κ3) is 1.49. The molecule has 0 saturated carbocycles. The monoisotopic (exact) mass is 143 g/mol. The number of anilines is 1. The summed E-state index contributed by atoms with van der Waals surface area (Å²) < 4.78 is 0. The molecule has 0 aliphatic carbocycles. The first-order valence-electron chi connectivity index (χ1n) is 2.92. The summed E-state index contributed by atoms with van der Waals surface area (Å²) >= 11 is 0. The molecule has 0 aromatic heterocycles. The molecule has 1 aromatic carbocycles. The Morgan fingerprint density at radius 2 is 2.10 bits per heavy atom. The number of nitrogen functional groups attached to an aromatic ring is 1. The van der Waals surface area contributed by atoms with Crippen molar-refractivity contribution >= 4 is 18.3 Å². The van der Waals surface area contributed by atoms with E-state index in [9.17, 15) is 0 Å². The lowest BCUT2D eigenvalue weighted by Gasteiger charge is -1.98. The fourth-order valence-corrected chi connectivity index (χ4v) is 0.720. The van der Waals surface area contributed by atoms with E-state index in [1.165, 1.54) is 6.07 Å². The highest BCUT2D eigenvalue weighted by molar-refractivity contribution is 6.58. The number of hydrogen-bond acceptors (Lipinski definition) is 3. The van der Waals surface area contributed by atoms with E-state index in [2.05, 4.69) is 0 Å². The first-order chi connectivity index (χ1) is 4.70. The fourth-order valence-electron chi connectivity index (χ4n) is 0.720. The van der Waals surface area contributed by atoms with Crippen molar-refractivity contribution in [3.63, 3.8) is 0 Å². The van der Waals surface area contributed by atoms with Crippen molar-refractivity contribution in [1.82, 2.24) is 0 Å². The van der Waals surface area contributed by atoms with E-state index in [0.29, 0.717) is 11.2 Å². The maximum atomic E-state index is 8.65. The van der Waals surface area contributed by atoms with Crippen molar-refractivity contribution in [2.45, 2.75) is 0 Å². The molecule has 0 bridgehead atoms. The third-order valence-corrected chi connectivity index (χ3v) is 1.21. The van der Waals surface area contributed by atoms with Gasteiger partial charge in [-0.2, -0.15) is 0 Å². The molecule has 4 heteroatoms. The van der Waals surface area contributed by atoms with Gasteiger partial charge in [-0.3, -0.25) is 0 Å². The summed E-state index contributed by atoms with van der Waals surface area (Å²) in [7, 11) is -1.43. The maximum absolute atomic E-state index is 8.65. The highest BCUT2D eigenvalue weighted by Gasteiger charge is 2.09. The average molecular weight is 143 g/mol. The predicted octanol–water partition coefficient (Wildman–Crippen LogP) is -0.313. The largest absolute Gasteiger partial charge is 0.488 e. The molecule has 0 saturated heterocycles. The normalized spacial score (nSPS) is 9.40. The second kappa shape index (κ2) is 2.73. The van der Waals surface area contributed by atoms with Crippen LogP contribution >= 0.6 is 0 Å². The minimum Gasteiger partial charge on any atom is -0.423 e. The Balaban J connectivity index is -0.000000333. The van der Waals surface area contributed by atoms with Crippen LogP contribution in [-0.2, 0) is 0 Å². The van der Waals surface area contributed by atoms with E-state index in [1.54, 1.807) is 18.2 Å². The Hall–Kier alpha value is -0.995. The average Bonchev–Trinajstić information content (AvgIpc) is 1.88. The summed E-state index contributed by atoms with van der Waals surface area (Å²) in [6.45, 7) is 0. The Bertz CT molecular complexity index is 237. The van der Waals surface area contributed by atoms with Gasteiger partial charge in [0.1, 0.15) is 0 Å². The molecule has 0 spiro atoms. The van der Waals surface area contributed by atoms with Crippen molar-refractivity contribution in [2.75, 3.05) is 5.73 Å². The standard InChI is InChI=1S/C6H8BNO2.3H2/c8-6-3-1-2-5(4-6)7(9)10;;;/h1-4,9-10H,8H2;3*1H. The van der Waals surface area contributed by atoms with E-state index in [1.807, 2.05) is 0 Å². The van der Waals surface area contributed by atoms with Crippen LogP contribution in [0.4, 0.5) is 5.69 Å². The van der Waals surface area contributed by atoms with Crippen LogP contribution < -0.4 is 11.2 Å². The smallest absolute Gasteiger partial charge is 0.423 e. The topological polar surface area (TPSA) is 66.5 Å². The molecule has 4 N–H and O–H groups in total. The van der Waals surface area contributed by atoms with Crippen LogP contribution in [0, 0.1) is 0 Å². The van der Waals surface area contributed by atoms with Gasteiger partial charge in [-0.1, -0.05) is 12.1 Å². The van der Waals surface area contributed by atoms with Crippen LogP contribution in [0.5, 0.6) is 0 Å². The molecule has 0 atom stereocenters. The van der Waals surface area contributed by atoms with Crippen molar-refractivity contribution < 1.29 is 14.3 Å². The zero-order valence-electron chi connectivity index (χ0n) is 5.36.